The second-order valence-corrected chi connectivity index (χ2v) is 7.32. The molecule has 1 amide bonds. The fourth-order valence-corrected chi connectivity index (χ4v) is 3.18. The first-order valence-electron chi connectivity index (χ1n) is 6.86. The summed E-state index contributed by atoms with van der Waals surface area (Å²) < 4.78 is 36.2. The van der Waals surface area contributed by atoms with Gasteiger partial charge in [0.05, 0.1) is 10.5 Å². The van der Waals surface area contributed by atoms with Crippen LogP contribution in [0.5, 0.6) is 0 Å². The molecule has 0 radical (unpaired) electrons. The predicted molar refractivity (Wildman–Crippen MR) is 76.7 cm³/mol. The van der Waals surface area contributed by atoms with E-state index in [9.17, 15) is 17.6 Å². The number of benzene rings is 1. The number of nitrogens with two attached hydrogens (primary N) is 1. The molecule has 21 heavy (non-hydrogen) atoms. The van der Waals surface area contributed by atoms with Crippen LogP contribution in [0, 0.1) is 5.82 Å². The first-order valence-corrected chi connectivity index (χ1v) is 8.41. The van der Waals surface area contributed by atoms with Crippen LogP contribution in [0.4, 0.5) is 4.39 Å². The van der Waals surface area contributed by atoms with Crippen molar-refractivity contribution in [3.63, 3.8) is 0 Å². The zero-order valence-corrected chi connectivity index (χ0v) is 12.7. The monoisotopic (exact) mass is 314 g/mol. The molecule has 1 aliphatic carbocycles. The van der Waals surface area contributed by atoms with Crippen molar-refractivity contribution in [2.75, 3.05) is 0 Å². The van der Waals surface area contributed by atoms with Gasteiger partial charge in [-0.2, -0.15) is 0 Å². The number of hydrogen-bond donors (Lipinski definition) is 2. The maximum absolute atomic E-state index is 13.9. The number of nitrogens with one attached hydrogen (secondary N) is 1. The minimum Gasteiger partial charge on any atom is -0.347 e. The molecule has 0 unspecified atom stereocenters. The van der Waals surface area contributed by atoms with Crippen LogP contribution in [-0.2, 0) is 10.0 Å². The van der Waals surface area contributed by atoms with E-state index in [2.05, 4.69) is 5.32 Å². The van der Waals surface area contributed by atoms with Crippen molar-refractivity contribution in [3.05, 3.63) is 29.6 Å². The molecule has 0 saturated heterocycles. The van der Waals surface area contributed by atoms with Gasteiger partial charge in [-0.05, 0) is 38.0 Å². The smallest absolute Gasteiger partial charge is 0.254 e. The van der Waals surface area contributed by atoms with Gasteiger partial charge in [0.2, 0.25) is 10.0 Å². The number of carbonyl (C=O) groups excluding carboxylic acids is 1. The number of primary sulfonamides is 1. The minimum atomic E-state index is -3.98. The molecule has 1 fully saturated rings. The van der Waals surface area contributed by atoms with Crippen LogP contribution in [0.2, 0.25) is 0 Å². The molecule has 1 aromatic carbocycles. The van der Waals surface area contributed by atoms with Crippen molar-refractivity contribution < 1.29 is 17.6 Å². The van der Waals surface area contributed by atoms with Crippen molar-refractivity contribution in [2.24, 2.45) is 5.14 Å². The van der Waals surface area contributed by atoms with E-state index < -0.39 is 21.7 Å². The molecule has 3 N–H and O–H groups in total. The molecule has 5 nitrogen and oxygen atoms in total. The Bertz CT molecular complexity index is 652. The lowest BCUT2D eigenvalue weighted by Crippen LogP contribution is -2.47. The highest BCUT2D eigenvalue weighted by atomic mass is 32.2. The number of sulfonamides is 1. The molecule has 1 aliphatic rings. The van der Waals surface area contributed by atoms with Crippen molar-refractivity contribution in [2.45, 2.75) is 49.5 Å². The van der Waals surface area contributed by atoms with Crippen LogP contribution < -0.4 is 10.5 Å². The van der Waals surface area contributed by atoms with Crippen molar-refractivity contribution in [1.82, 2.24) is 5.32 Å². The van der Waals surface area contributed by atoms with Gasteiger partial charge in [0.15, 0.2) is 0 Å². The zero-order chi connectivity index (χ0) is 15.7. The topological polar surface area (TPSA) is 89.3 Å². The Labute approximate surface area is 123 Å². The summed E-state index contributed by atoms with van der Waals surface area (Å²) in [5.74, 6) is -1.42. The molecular formula is C14H19FN2O3S. The van der Waals surface area contributed by atoms with Crippen LogP contribution in [-0.4, -0.2) is 19.9 Å². The summed E-state index contributed by atoms with van der Waals surface area (Å²) in [6.07, 6.45) is 4.92. The van der Waals surface area contributed by atoms with Crippen molar-refractivity contribution in [3.8, 4) is 0 Å². The number of halogens is 1. The predicted octanol–water partition coefficient (Wildman–Crippen LogP) is 1.93. The average molecular weight is 314 g/mol. The highest BCUT2D eigenvalue weighted by Gasteiger charge is 2.29. The van der Waals surface area contributed by atoms with Gasteiger partial charge < -0.3 is 5.32 Å². The second-order valence-electron chi connectivity index (χ2n) is 5.76. The Morgan fingerprint density at radius 2 is 1.90 bits per heavy atom. The Morgan fingerprint density at radius 3 is 2.43 bits per heavy atom. The van der Waals surface area contributed by atoms with Crippen molar-refractivity contribution in [1.29, 1.82) is 0 Å². The Balaban J connectivity index is 2.20. The molecule has 0 bridgehead atoms. The van der Waals surface area contributed by atoms with E-state index in [-0.39, 0.29) is 16.0 Å². The summed E-state index contributed by atoms with van der Waals surface area (Å²) in [4.78, 5) is 11.8. The normalized spacial score (nSPS) is 18.2. The van der Waals surface area contributed by atoms with Crippen LogP contribution in [0.3, 0.4) is 0 Å². The van der Waals surface area contributed by atoms with E-state index in [0.29, 0.717) is 0 Å². The minimum absolute atomic E-state index is 0.172. The van der Waals surface area contributed by atoms with Gasteiger partial charge in [-0.15, -0.1) is 0 Å². The van der Waals surface area contributed by atoms with Gasteiger partial charge in [0, 0.05) is 5.54 Å². The first-order chi connectivity index (χ1) is 9.71. The second kappa shape index (κ2) is 5.73. The highest BCUT2D eigenvalue weighted by Crippen LogP contribution is 2.28. The van der Waals surface area contributed by atoms with Gasteiger partial charge in [0.25, 0.3) is 5.91 Å². The quantitative estimate of drug-likeness (QED) is 0.893. The summed E-state index contributed by atoms with van der Waals surface area (Å²) in [6, 6.07) is 3.06. The SMILES string of the molecule is CC1(NC(=O)c2ccc(S(N)(=O)=O)cc2F)CCCCC1. The average Bonchev–Trinajstić information content (AvgIpc) is 2.37. The molecular weight excluding hydrogens is 295 g/mol. The van der Waals surface area contributed by atoms with E-state index in [1.807, 2.05) is 6.92 Å². The molecule has 0 aromatic heterocycles. The van der Waals surface area contributed by atoms with E-state index >= 15 is 0 Å². The van der Waals surface area contributed by atoms with Gasteiger partial charge in [-0.25, -0.2) is 17.9 Å². The third-order valence-corrected chi connectivity index (χ3v) is 4.80. The van der Waals surface area contributed by atoms with E-state index in [1.165, 1.54) is 0 Å². The largest absolute Gasteiger partial charge is 0.347 e. The van der Waals surface area contributed by atoms with Crippen LogP contribution in [0.15, 0.2) is 23.1 Å². The molecule has 2 rings (SSSR count). The lowest BCUT2D eigenvalue weighted by atomic mass is 9.83. The number of hydrogen-bond acceptors (Lipinski definition) is 3. The van der Waals surface area contributed by atoms with E-state index in [4.69, 9.17) is 5.14 Å². The Morgan fingerprint density at radius 1 is 1.29 bits per heavy atom. The standard InChI is InChI=1S/C14H19FN2O3S/c1-14(7-3-2-4-8-14)17-13(18)11-6-5-10(9-12(11)15)21(16,19)20/h5-6,9H,2-4,7-8H2,1H3,(H,17,18)(H2,16,19,20). The van der Waals surface area contributed by atoms with E-state index in [1.54, 1.807) is 0 Å². The molecule has 0 atom stereocenters. The maximum atomic E-state index is 13.9. The van der Waals surface area contributed by atoms with Crippen LogP contribution >= 0.6 is 0 Å². The zero-order valence-electron chi connectivity index (χ0n) is 11.9. The molecule has 0 spiro atoms. The molecule has 0 aliphatic heterocycles. The van der Waals surface area contributed by atoms with Crippen LogP contribution in [0.25, 0.3) is 0 Å². The summed E-state index contributed by atoms with van der Waals surface area (Å²) in [6.45, 7) is 1.95. The lowest BCUT2D eigenvalue weighted by molar-refractivity contribution is 0.0878. The molecule has 116 valence electrons. The molecule has 1 saturated carbocycles. The summed E-state index contributed by atoms with van der Waals surface area (Å²) in [7, 11) is -3.98. The van der Waals surface area contributed by atoms with Gasteiger partial charge >= 0.3 is 0 Å². The number of amides is 1. The van der Waals surface area contributed by atoms with Gasteiger partial charge in [-0.3, -0.25) is 4.79 Å². The van der Waals surface area contributed by atoms with Crippen LogP contribution in [0.1, 0.15) is 49.4 Å². The number of rotatable bonds is 3. The third-order valence-electron chi connectivity index (χ3n) is 3.89. The molecule has 0 heterocycles. The number of carbonyl (C=O) groups is 1. The summed E-state index contributed by atoms with van der Waals surface area (Å²) >= 11 is 0. The Hall–Kier alpha value is -1.47. The molecule has 1 aromatic rings. The van der Waals surface area contributed by atoms with E-state index in [0.717, 1.165) is 50.3 Å². The lowest BCUT2D eigenvalue weighted by Gasteiger charge is -2.34. The third kappa shape index (κ3) is 3.79. The van der Waals surface area contributed by atoms with Gasteiger partial charge in [0.1, 0.15) is 5.82 Å². The fourth-order valence-electron chi connectivity index (χ4n) is 2.66. The summed E-state index contributed by atoms with van der Waals surface area (Å²) in [5.41, 5.74) is -0.505. The summed E-state index contributed by atoms with van der Waals surface area (Å²) in [5, 5.41) is 7.78. The first kappa shape index (κ1) is 15.9. The Kier molecular flexibility index (Phi) is 4.34. The maximum Gasteiger partial charge on any atom is 0.254 e. The fraction of sp³-hybridized carbons (Fsp3) is 0.500. The van der Waals surface area contributed by atoms with Gasteiger partial charge in [-0.1, -0.05) is 19.3 Å². The highest BCUT2D eigenvalue weighted by molar-refractivity contribution is 7.89. The van der Waals surface area contributed by atoms with Crippen molar-refractivity contribution >= 4 is 15.9 Å². The molecule has 7 heteroatoms.